The number of aromatic nitrogens is 3. The molecule has 2 N–H and O–H groups in total. The zero-order valence-electron chi connectivity index (χ0n) is 10.7. The summed E-state index contributed by atoms with van der Waals surface area (Å²) in [5.41, 5.74) is 5.66. The van der Waals surface area contributed by atoms with Crippen LogP contribution in [0.3, 0.4) is 0 Å². The number of hydrogen-bond acceptors (Lipinski definition) is 3. The summed E-state index contributed by atoms with van der Waals surface area (Å²) in [6.07, 6.45) is 4.83. The number of nitrogens with two attached hydrogens (primary N) is 1. The van der Waals surface area contributed by atoms with E-state index in [4.69, 9.17) is 5.73 Å². The predicted molar refractivity (Wildman–Crippen MR) is 66.1 cm³/mol. The van der Waals surface area contributed by atoms with Gasteiger partial charge in [-0.1, -0.05) is 26.7 Å². The molecule has 0 bridgehead atoms. The zero-order valence-corrected chi connectivity index (χ0v) is 10.7. The third kappa shape index (κ3) is 2.82. The maximum Gasteiger partial charge on any atom is 0.146 e. The summed E-state index contributed by atoms with van der Waals surface area (Å²) in [5, 5.41) is 8.49. The van der Waals surface area contributed by atoms with Crippen molar-refractivity contribution in [3.63, 3.8) is 0 Å². The van der Waals surface area contributed by atoms with Gasteiger partial charge in [0.05, 0.1) is 6.54 Å². The molecule has 0 radical (unpaired) electrons. The fraction of sp³-hybridized carbons (Fsp3) is 0.833. The molecule has 92 valence electrons. The molecule has 4 heteroatoms. The molecular weight excluding hydrogens is 200 g/mol. The molecule has 1 atom stereocenters. The van der Waals surface area contributed by atoms with Gasteiger partial charge in [-0.2, -0.15) is 0 Å². The van der Waals surface area contributed by atoms with Crippen molar-refractivity contribution in [1.29, 1.82) is 0 Å². The molecule has 1 aromatic rings. The van der Waals surface area contributed by atoms with E-state index in [9.17, 15) is 0 Å². The summed E-state index contributed by atoms with van der Waals surface area (Å²) in [7, 11) is 0. The summed E-state index contributed by atoms with van der Waals surface area (Å²) in [6.45, 7) is 7.96. The average Bonchev–Trinajstić information content (AvgIpc) is 2.73. The molecule has 0 aliphatic carbocycles. The van der Waals surface area contributed by atoms with E-state index >= 15 is 0 Å². The lowest BCUT2D eigenvalue weighted by Crippen LogP contribution is -2.12. The van der Waals surface area contributed by atoms with Gasteiger partial charge >= 0.3 is 0 Å². The van der Waals surface area contributed by atoms with Crippen LogP contribution in [0.5, 0.6) is 0 Å². The second-order valence-corrected chi connectivity index (χ2v) is 4.17. The van der Waals surface area contributed by atoms with Crippen LogP contribution in [0.4, 0.5) is 0 Å². The van der Waals surface area contributed by atoms with Gasteiger partial charge in [0, 0.05) is 12.5 Å². The summed E-state index contributed by atoms with van der Waals surface area (Å²) in [4.78, 5) is 0. The monoisotopic (exact) mass is 224 g/mol. The van der Waals surface area contributed by atoms with Gasteiger partial charge in [-0.3, -0.25) is 0 Å². The molecule has 1 heterocycles. The third-order valence-electron chi connectivity index (χ3n) is 3.12. The van der Waals surface area contributed by atoms with Crippen LogP contribution in [0, 0.1) is 0 Å². The van der Waals surface area contributed by atoms with Crippen molar-refractivity contribution in [3.05, 3.63) is 11.6 Å². The minimum absolute atomic E-state index is 0.477. The SMILES string of the molecule is CCCCC(CC)c1nnc(CN)n1CC. The molecular formula is C12H24N4. The van der Waals surface area contributed by atoms with Gasteiger partial charge in [-0.05, 0) is 19.8 Å². The van der Waals surface area contributed by atoms with Crippen LogP contribution in [0.15, 0.2) is 0 Å². The Hall–Kier alpha value is -0.900. The highest BCUT2D eigenvalue weighted by atomic mass is 15.3. The number of unbranched alkanes of at least 4 members (excludes halogenated alkanes) is 1. The number of hydrogen-bond donors (Lipinski definition) is 1. The quantitative estimate of drug-likeness (QED) is 0.774. The molecule has 0 aliphatic heterocycles. The van der Waals surface area contributed by atoms with Crippen molar-refractivity contribution in [2.45, 2.75) is 65.5 Å². The Bertz CT molecular complexity index is 306. The topological polar surface area (TPSA) is 56.7 Å². The molecule has 0 spiro atoms. The maximum atomic E-state index is 5.66. The average molecular weight is 224 g/mol. The lowest BCUT2D eigenvalue weighted by Gasteiger charge is -2.15. The molecule has 1 rings (SSSR count). The highest BCUT2D eigenvalue weighted by Crippen LogP contribution is 2.24. The van der Waals surface area contributed by atoms with E-state index in [0.717, 1.165) is 24.6 Å². The van der Waals surface area contributed by atoms with E-state index < -0.39 is 0 Å². The van der Waals surface area contributed by atoms with Crippen molar-refractivity contribution in [2.75, 3.05) is 0 Å². The second-order valence-electron chi connectivity index (χ2n) is 4.17. The van der Waals surface area contributed by atoms with Crippen LogP contribution >= 0.6 is 0 Å². The van der Waals surface area contributed by atoms with Gasteiger partial charge in [-0.25, -0.2) is 0 Å². The molecule has 0 aliphatic rings. The minimum atomic E-state index is 0.477. The lowest BCUT2D eigenvalue weighted by atomic mass is 9.98. The maximum absolute atomic E-state index is 5.66. The van der Waals surface area contributed by atoms with Crippen LogP contribution < -0.4 is 5.73 Å². The summed E-state index contributed by atoms with van der Waals surface area (Å²) in [6, 6.07) is 0. The van der Waals surface area contributed by atoms with Gasteiger partial charge < -0.3 is 10.3 Å². The Morgan fingerprint density at radius 3 is 2.50 bits per heavy atom. The van der Waals surface area contributed by atoms with E-state index in [-0.39, 0.29) is 0 Å². The zero-order chi connectivity index (χ0) is 12.0. The fourth-order valence-corrected chi connectivity index (χ4v) is 2.11. The Morgan fingerprint density at radius 1 is 1.25 bits per heavy atom. The normalized spacial score (nSPS) is 13.0. The largest absolute Gasteiger partial charge is 0.324 e. The highest BCUT2D eigenvalue weighted by molar-refractivity contribution is 5.02. The Kier molecular flexibility index (Phi) is 5.46. The van der Waals surface area contributed by atoms with Crippen molar-refractivity contribution in [3.8, 4) is 0 Å². The van der Waals surface area contributed by atoms with Crippen LogP contribution in [-0.4, -0.2) is 14.8 Å². The first kappa shape index (κ1) is 13.2. The molecule has 0 saturated heterocycles. The van der Waals surface area contributed by atoms with Crippen molar-refractivity contribution in [1.82, 2.24) is 14.8 Å². The van der Waals surface area contributed by atoms with Gasteiger partial charge in [0.2, 0.25) is 0 Å². The van der Waals surface area contributed by atoms with Crippen LogP contribution in [0.1, 0.15) is 64.0 Å². The number of nitrogens with zero attached hydrogens (tertiary/aromatic N) is 3. The van der Waals surface area contributed by atoms with E-state index in [1.807, 2.05) is 0 Å². The molecule has 4 nitrogen and oxygen atoms in total. The first-order valence-corrected chi connectivity index (χ1v) is 6.40. The summed E-state index contributed by atoms with van der Waals surface area (Å²) >= 11 is 0. The van der Waals surface area contributed by atoms with Crippen molar-refractivity contribution >= 4 is 0 Å². The molecule has 16 heavy (non-hydrogen) atoms. The molecule has 1 aromatic heterocycles. The first-order valence-electron chi connectivity index (χ1n) is 6.40. The first-order chi connectivity index (χ1) is 7.78. The van der Waals surface area contributed by atoms with Crippen molar-refractivity contribution < 1.29 is 0 Å². The van der Waals surface area contributed by atoms with Crippen LogP contribution in [-0.2, 0) is 13.1 Å². The van der Waals surface area contributed by atoms with E-state index in [1.54, 1.807) is 0 Å². The van der Waals surface area contributed by atoms with Gasteiger partial charge in [0.15, 0.2) is 0 Å². The van der Waals surface area contributed by atoms with E-state index in [2.05, 4.69) is 35.5 Å². The van der Waals surface area contributed by atoms with Crippen LogP contribution in [0.2, 0.25) is 0 Å². The summed E-state index contributed by atoms with van der Waals surface area (Å²) in [5.74, 6) is 2.57. The predicted octanol–water partition coefficient (Wildman–Crippen LogP) is 2.44. The van der Waals surface area contributed by atoms with Gasteiger partial charge in [0.1, 0.15) is 11.6 Å². The summed E-state index contributed by atoms with van der Waals surface area (Å²) < 4.78 is 2.17. The standard InChI is InChI=1S/C12H24N4/c1-4-7-8-10(5-2)12-15-14-11(9-13)16(12)6-3/h10H,4-9,13H2,1-3H3. The Morgan fingerprint density at radius 2 is 2.00 bits per heavy atom. The smallest absolute Gasteiger partial charge is 0.146 e. The second kappa shape index (κ2) is 6.63. The van der Waals surface area contributed by atoms with Crippen molar-refractivity contribution in [2.24, 2.45) is 5.73 Å². The highest BCUT2D eigenvalue weighted by Gasteiger charge is 2.17. The van der Waals surface area contributed by atoms with Crippen LogP contribution in [0.25, 0.3) is 0 Å². The molecule has 0 aromatic carbocycles. The van der Waals surface area contributed by atoms with Gasteiger partial charge in [0.25, 0.3) is 0 Å². The molecule has 0 saturated carbocycles. The Labute approximate surface area is 98.2 Å². The van der Waals surface area contributed by atoms with E-state index in [0.29, 0.717) is 12.5 Å². The van der Waals surface area contributed by atoms with E-state index in [1.165, 1.54) is 19.3 Å². The third-order valence-corrected chi connectivity index (χ3v) is 3.12. The minimum Gasteiger partial charge on any atom is -0.324 e. The lowest BCUT2D eigenvalue weighted by molar-refractivity contribution is 0.510. The molecule has 0 amide bonds. The Balaban J connectivity index is 2.86. The molecule has 0 fully saturated rings. The van der Waals surface area contributed by atoms with Gasteiger partial charge in [-0.15, -0.1) is 10.2 Å². The number of rotatable bonds is 7. The molecule has 1 unspecified atom stereocenters. The fourth-order valence-electron chi connectivity index (χ4n) is 2.11.